The van der Waals surface area contributed by atoms with Gasteiger partial charge in [-0.3, -0.25) is 29.2 Å². The number of nitro groups is 1. The third-order valence-corrected chi connectivity index (χ3v) is 9.18. The highest BCUT2D eigenvalue weighted by Gasteiger charge is 2.59. The molecule has 1 aliphatic heterocycles. The van der Waals surface area contributed by atoms with Gasteiger partial charge < -0.3 is 4.90 Å². The second kappa shape index (κ2) is 8.15. The molecular weight excluding hydrogens is 446 g/mol. The Morgan fingerprint density at radius 2 is 1.86 bits per heavy atom. The molecule has 10 heteroatoms. The van der Waals surface area contributed by atoms with Gasteiger partial charge in [-0.2, -0.15) is 10.2 Å². The van der Waals surface area contributed by atoms with Crippen molar-refractivity contribution in [3.63, 3.8) is 0 Å². The molecule has 5 fully saturated rings. The van der Waals surface area contributed by atoms with Crippen molar-refractivity contribution in [2.75, 3.05) is 26.2 Å². The first-order valence-electron chi connectivity index (χ1n) is 12.9. The lowest BCUT2D eigenvalue weighted by molar-refractivity contribution is -0.385. The van der Waals surface area contributed by atoms with Crippen molar-refractivity contribution in [2.45, 2.75) is 64.0 Å². The highest BCUT2D eigenvalue weighted by Crippen LogP contribution is 2.65. The van der Waals surface area contributed by atoms with Gasteiger partial charge in [-0.25, -0.2) is 0 Å². The zero-order valence-corrected chi connectivity index (χ0v) is 20.7. The molecule has 5 aliphatic rings. The monoisotopic (exact) mass is 481 g/mol. The first-order valence-corrected chi connectivity index (χ1v) is 12.9. The van der Waals surface area contributed by atoms with Crippen LogP contribution in [0.5, 0.6) is 0 Å². The molecule has 4 aliphatic carbocycles. The Hall–Kier alpha value is -2.75. The van der Waals surface area contributed by atoms with Gasteiger partial charge in [-0.15, -0.1) is 0 Å². The maximum Gasteiger partial charge on any atom is 0.307 e. The summed E-state index contributed by atoms with van der Waals surface area (Å²) in [6.45, 7) is 6.26. The van der Waals surface area contributed by atoms with Crippen LogP contribution in [-0.4, -0.2) is 66.4 Å². The third-order valence-electron chi connectivity index (χ3n) is 9.18. The molecule has 35 heavy (non-hydrogen) atoms. The van der Waals surface area contributed by atoms with Gasteiger partial charge in [-0.1, -0.05) is 0 Å². The van der Waals surface area contributed by atoms with Crippen molar-refractivity contribution in [3.05, 3.63) is 40.0 Å². The number of nitrogens with zero attached hydrogens (tertiary/aromatic N) is 7. The molecule has 3 heterocycles. The van der Waals surface area contributed by atoms with Gasteiger partial charge in [0.15, 0.2) is 0 Å². The van der Waals surface area contributed by atoms with E-state index in [0.29, 0.717) is 18.3 Å². The number of carbonyl (C=O) groups excluding carboxylic acids is 1. The number of amides is 1. The Kier molecular flexibility index (Phi) is 5.28. The average Bonchev–Trinajstić information content (AvgIpc) is 3.40. The van der Waals surface area contributed by atoms with E-state index >= 15 is 0 Å². The first kappa shape index (κ1) is 22.7. The third kappa shape index (κ3) is 4.05. The van der Waals surface area contributed by atoms with Crippen molar-refractivity contribution in [3.8, 4) is 0 Å². The molecule has 0 aromatic carbocycles. The molecule has 188 valence electrons. The zero-order valence-electron chi connectivity index (χ0n) is 20.7. The van der Waals surface area contributed by atoms with Crippen molar-refractivity contribution in [1.29, 1.82) is 0 Å². The van der Waals surface area contributed by atoms with Crippen LogP contribution in [0, 0.1) is 34.3 Å². The Bertz CT molecular complexity index is 1130. The minimum Gasteiger partial charge on any atom is -0.340 e. The minimum absolute atomic E-state index is 0.00580. The van der Waals surface area contributed by atoms with E-state index in [1.165, 1.54) is 18.2 Å². The summed E-state index contributed by atoms with van der Waals surface area (Å²) in [7, 11) is 1.95. The van der Waals surface area contributed by atoms with Gasteiger partial charge >= 0.3 is 5.69 Å². The zero-order chi connectivity index (χ0) is 24.4. The van der Waals surface area contributed by atoms with E-state index in [2.05, 4.69) is 33.1 Å². The normalized spacial score (nSPS) is 32.3. The molecular formula is C25H35N7O3. The van der Waals surface area contributed by atoms with Gasteiger partial charge in [0.05, 0.1) is 16.2 Å². The number of aryl methyl sites for hydroxylation is 2. The Labute approximate surface area is 205 Å². The average molecular weight is 482 g/mol. The summed E-state index contributed by atoms with van der Waals surface area (Å²) in [5.41, 5.74) is 2.23. The molecule has 2 unspecified atom stereocenters. The molecule has 4 saturated carbocycles. The molecule has 10 nitrogen and oxygen atoms in total. The quantitative estimate of drug-likeness (QED) is 0.464. The van der Waals surface area contributed by atoms with Crippen LogP contribution in [0.25, 0.3) is 0 Å². The van der Waals surface area contributed by atoms with Crippen molar-refractivity contribution in [2.24, 2.45) is 24.3 Å². The molecule has 1 saturated heterocycles. The summed E-state index contributed by atoms with van der Waals surface area (Å²) in [6, 6.07) is 0. The number of piperazine rings is 1. The topological polar surface area (TPSA) is 102 Å². The summed E-state index contributed by atoms with van der Waals surface area (Å²) < 4.78 is 3.76. The van der Waals surface area contributed by atoms with Crippen LogP contribution in [0.4, 0.5) is 5.69 Å². The standard InChI is InChI=1S/C25H35N7O3/c1-18-21(14-28(2)27-18)15-29-3-5-30(6-4-29)23(33)12-24-8-19-7-20(9-24)11-25(10-19,17-24)31-16-22(13-26-31)32(34)35/h13-14,16,19-20H,3-12,15,17H2,1-2H3. The molecule has 2 aromatic heterocycles. The molecule has 4 bridgehead atoms. The van der Waals surface area contributed by atoms with Gasteiger partial charge in [-0.05, 0) is 62.7 Å². The van der Waals surface area contributed by atoms with Crippen LogP contribution in [0.2, 0.25) is 0 Å². The van der Waals surface area contributed by atoms with E-state index in [1.54, 1.807) is 6.20 Å². The fraction of sp³-hybridized carbons (Fsp3) is 0.720. The summed E-state index contributed by atoms with van der Waals surface area (Å²) in [5, 5.41) is 20.2. The van der Waals surface area contributed by atoms with E-state index in [9.17, 15) is 14.9 Å². The summed E-state index contributed by atoms with van der Waals surface area (Å²) in [5.74, 6) is 1.46. The highest BCUT2D eigenvalue weighted by atomic mass is 16.6. The van der Waals surface area contributed by atoms with Crippen molar-refractivity contribution < 1.29 is 9.72 Å². The Morgan fingerprint density at radius 1 is 1.14 bits per heavy atom. The lowest BCUT2D eigenvalue weighted by atomic mass is 9.46. The molecule has 2 aromatic rings. The fourth-order valence-electron chi connectivity index (χ4n) is 8.18. The van der Waals surface area contributed by atoms with Gasteiger partial charge in [0.25, 0.3) is 0 Å². The maximum absolute atomic E-state index is 13.5. The SMILES string of the molecule is Cc1nn(C)cc1CN1CCN(C(=O)CC23CC4CC(C2)CC(n2cc([N+](=O)[O-])cn2)(C4)C3)CC1. The number of carbonyl (C=O) groups is 1. The minimum atomic E-state index is -0.363. The van der Waals surface area contributed by atoms with Gasteiger partial charge in [0.1, 0.15) is 12.4 Å². The Balaban J connectivity index is 1.12. The van der Waals surface area contributed by atoms with Crippen LogP contribution in [0.1, 0.15) is 56.2 Å². The van der Waals surface area contributed by atoms with Crippen LogP contribution < -0.4 is 0 Å². The van der Waals surface area contributed by atoms with Crippen molar-refractivity contribution >= 4 is 11.6 Å². The second-order valence-corrected chi connectivity index (χ2v) is 11.8. The molecule has 0 spiro atoms. The van der Waals surface area contributed by atoms with Crippen LogP contribution in [-0.2, 0) is 23.9 Å². The molecule has 2 atom stereocenters. The van der Waals surface area contributed by atoms with E-state index in [1.807, 2.05) is 16.4 Å². The van der Waals surface area contributed by atoms with Crippen LogP contribution in [0.3, 0.4) is 0 Å². The fourth-order valence-corrected chi connectivity index (χ4v) is 8.18. The molecule has 0 radical (unpaired) electrons. The van der Waals surface area contributed by atoms with Gasteiger partial charge in [0.2, 0.25) is 5.91 Å². The largest absolute Gasteiger partial charge is 0.340 e. The summed E-state index contributed by atoms with van der Waals surface area (Å²) in [6.07, 6.45) is 12.1. The van der Waals surface area contributed by atoms with Gasteiger partial charge in [0, 0.05) is 58.0 Å². The van der Waals surface area contributed by atoms with E-state index in [4.69, 9.17) is 0 Å². The first-order chi connectivity index (χ1) is 16.7. The number of rotatable bonds is 6. The maximum atomic E-state index is 13.5. The summed E-state index contributed by atoms with van der Waals surface area (Å²) in [4.78, 5) is 28.9. The second-order valence-electron chi connectivity index (χ2n) is 11.8. The van der Waals surface area contributed by atoms with Crippen LogP contribution >= 0.6 is 0 Å². The predicted molar refractivity (Wildman–Crippen MR) is 128 cm³/mol. The molecule has 0 N–H and O–H groups in total. The molecule has 7 rings (SSSR count). The highest BCUT2D eigenvalue weighted by molar-refractivity contribution is 5.77. The van der Waals surface area contributed by atoms with E-state index < -0.39 is 0 Å². The van der Waals surface area contributed by atoms with E-state index in [-0.39, 0.29) is 27.5 Å². The van der Waals surface area contributed by atoms with Crippen molar-refractivity contribution in [1.82, 2.24) is 29.4 Å². The summed E-state index contributed by atoms with van der Waals surface area (Å²) >= 11 is 0. The number of aromatic nitrogens is 4. The Morgan fingerprint density at radius 3 is 2.46 bits per heavy atom. The lowest BCUT2D eigenvalue weighted by Crippen LogP contribution is -2.58. The van der Waals surface area contributed by atoms with Crippen LogP contribution in [0.15, 0.2) is 18.6 Å². The lowest BCUT2D eigenvalue weighted by Gasteiger charge is -2.62. The molecule has 1 amide bonds. The number of hydrogen-bond acceptors (Lipinski definition) is 6. The predicted octanol–water partition coefficient (Wildman–Crippen LogP) is 2.86. The number of hydrogen-bond donors (Lipinski definition) is 0. The van der Waals surface area contributed by atoms with E-state index in [0.717, 1.165) is 70.5 Å². The smallest absolute Gasteiger partial charge is 0.307 e.